The van der Waals surface area contributed by atoms with Crippen LogP contribution in [0.5, 0.6) is 5.75 Å². The van der Waals surface area contributed by atoms with Gasteiger partial charge in [-0.15, -0.1) is 0 Å². The van der Waals surface area contributed by atoms with Gasteiger partial charge in [0.1, 0.15) is 5.75 Å². The molecule has 0 spiro atoms. The van der Waals surface area contributed by atoms with Crippen molar-refractivity contribution in [1.82, 2.24) is 0 Å². The lowest BCUT2D eigenvalue weighted by molar-refractivity contribution is -0.146. The van der Waals surface area contributed by atoms with Gasteiger partial charge in [0.05, 0.1) is 5.71 Å². The van der Waals surface area contributed by atoms with Crippen LogP contribution in [-0.4, -0.2) is 18.3 Å². The smallest absolute Gasteiger partial charge is 0.372 e. The third-order valence-electron chi connectivity index (χ3n) is 2.71. The first-order chi connectivity index (χ1) is 10.7. The fourth-order valence-corrected chi connectivity index (χ4v) is 1.62. The van der Waals surface area contributed by atoms with E-state index < -0.39 is 5.97 Å². The van der Waals surface area contributed by atoms with Crippen LogP contribution in [0.15, 0.2) is 71.9 Å². The van der Waals surface area contributed by atoms with Crippen LogP contribution in [0.3, 0.4) is 0 Å². The fraction of sp³-hybridized carbons (Fsp3) is 0.111. The number of allylic oxidation sites excluding steroid dienone is 1. The lowest BCUT2D eigenvalue weighted by Gasteiger charge is -2.03. The molecule has 0 aliphatic rings. The average molecular weight is 295 g/mol. The third-order valence-corrected chi connectivity index (χ3v) is 2.71. The minimum Gasteiger partial charge on any atom is -0.482 e. The Morgan fingerprint density at radius 2 is 1.68 bits per heavy atom. The molecule has 0 atom stereocenters. The second kappa shape index (κ2) is 8.42. The number of hydrogen-bond donors (Lipinski definition) is 0. The minimum absolute atomic E-state index is 0.177. The van der Waals surface area contributed by atoms with Crippen LogP contribution in [0.25, 0.3) is 6.08 Å². The SMILES string of the molecule is CC(/C=C/c1ccccc1)=NOC(=O)COc1ccccc1. The Morgan fingerprint density at radius 1 is 1.05 bits per heavy atom. The monoisotopic (exact) mass is 295 g/mol. The highest BCUT2D eigenvalue weighted by Gasteiger charge is 2.03. The number of benzene rings is 2. The van der Waals surface area contributed by atoms with Gasteiger partial charge in [-0.1, -0.05) is 59.8 Å². The molecular weight excluding hydrogens is 278 g/mol. The zero-order chi connectivity index (χ0) is 15.6. The van der Waals surface area contributed by atoms with Crippen molar-refractivity contribution in [2.45, 2.75) is 6.92 Å². The normalized spacial score (nSPS) is 11.4. The maximum atomic E-state index is 11.5. The van der Waals surface area contributed by atoms with Gasteiger partial charge in [0.2, 0.25) is 0 Å². The summed E-state index contributed by atoms with van der Waals surface area (Å²) in [4.78, 5) is 16.3. The number of carbonyl (C=O) groups is 1. The van der Waals surface area contributed by atoms with Crippen molar-refractivity contribution >= 4 is 17.8 Å². The molecule has 0 heterocycles. The van der Waals surface area contributed by atoms with Crippen molar-refractivity contribution in [3.63, 3.8) is 0 Å². The van der Waals surface area contributed by atoms with Gasteiger partial charge in [0, 0.05) is 0 Å². The summed E-state index contributed by atoms with van der Waals surface area (Å²) in [6.45, 7) is 1.58. The van der Waals surface area contributed by atoms with Crippen LogP contribution in [0.1, 0.15) is 12.5 Å². The molecule has 0 aliphatic carbocycles. The molecule has 4 nitrogen and oxygen atoms in total. The number of carbonyl (C=O) groups excluding carboxylic acids is 1. The van der Waals surface area contributed by atoms with E-state index in [2.05, 4.69) is 5.16 Å². The van der Waals surface area contributed by atoms with Crippen molar-refractivity contribution in [2.24, 2.45) is 5.16 Å². The Hall–Kier alpha value is -2.88. The summed E-state index contributed by atoms with van der Waals surface area (Å²) in [7, 11) is 0. The summed E-state index contributed by atoms with van der Waals surface area (Å²) < 4.78 is 5.27. The molecule has 0 saturated heterocycles. The van der Waals surface area contributed by atoms with Crippen LogP contribution in [0.4, 0.5) is 0 Å². The Morgan fingerprint density at radius 3 is 2.36 bits per heavy atom. The van der Waals surface area contributed by atoms with E-state index in [4.69, 9.17) is 9.57 Å². The number of ether oxygens (including phenoxy) is 1. The predicted molar refractivity (Wildman–Crippen MR) is 86.6 cm³/mol. The van der Waals surface area contributed by atoms with Crippen LogP contribution >= 0.6 is 0 Å². The zero-order valence-electron chi connectivity index (χ0n) is 12.3. The Balaban J connectivity index is 1.78. The number of nitrogens with zero attached hydrogens (tertiary/aromatic N) is 1. The van der Waals surface area contributed by atoms with Gasteiger partial charge in [0.15, 0.2) is 6.61 Å². The molecule has 4 heteroatoms. The largest absolute Gasteiger partial charge is 0.482 e. The van der Waals surface area contributed by atoms with Gasteiger partial charge < -0.3 is 9.57 Å². The minimum atomic E-state index is -0.545. The number of hydrogen-bond acceptors (Lipinski definition) is 4. The fourth-order valence-electron chi connectivity index (χ4n) is 1.62. The standard InChI is InChI=1S/C18H17NO3/c1-15(12-13-16-8-4-2-5-9-16)19-22-18(20)14-21-17-10-6-3-7-11-17/h2-13H,14H2,1H3/b13-12+,19-15?. The first-order valence-corrected chi connectivity index (χ1v) is 6.89. The van der Waals surface area contributed by atoms with Crippen LogP contribution in [-0.2, 0) is 9.63 Å². The lowest BCUT2D eigenvalue weighted by atomic mass is 10.2. The van der Waals surface area contributed by atoms with Crippen molar-refractivity contribution in [2.75, 3.05) is 6.61 Å². The first kappa shape index (κ1) is 15.5. The highest BCUT2D eigenvalue weighted by molar-refractivity contribution is 5.96. The quantitative estimate of drug-likeness (QED) is 0.464. The van der Waals surface area contributed by atoms with Crippen LogP contribution < -0.4 is 4.74 Å². The second-order valence-corrected chi connectivity index (χ2v) is 4.54. The van der Waals surface area contributed by atoms with Crippen molar-refractivity contribution in [1.29, 1.82) is 0 Å². The van der Waals surface area contributed by atoms with Gasteiger partial charge in [-0.3, -0.25) is 0 Å². The summed E-state index contributed by atoms with van der Waals surface area (Å²) in [5.74, 6) is 0.0699. The van der Waals surface area contributed by atoms with E-state index in [0.717, 1.165) is 5.56 Å². The molecule has 22 heavy (non-hydrogen) atoms. The molecule has 0 unspecified atom stereocenters. The highest BCUT2D eigenvalue weighted by atomic mass is 16.7. The van der Waals surface area contributed by atoms with Crippen molar-refractivity contribution in [3.05, 3.63) is 72.3 Å². The molecule has 2 aromatic carbocycles. The zero-order valence-corrected chi connectivity index (χ0v) is 12.3. The summed E-state index contributed by atoms with van der Waals surface area (Å²) in [5.41, 5.74) is 1.65. The first-order valence-electron chi connectivity index (χ1n) is 6.89. The number of rotatable bonds is 6. The molecule has 0 saturated carbocycles. The topological polar surface area (TPSA) is 47.9 Å². The maximum Gasteiger partial charge on any atom is 0.372 e. The molecule has 0 fully saturated rings. The Labute approximate surface area is 129 Å². The molecular formula is C18H17NO3. The van der Waals surface area contributed by atoms with E-state index in [1.54, 1.807) is 25.1 Å². The molecule has 112 valence electrons. The van der Waals surface area contributed by atoms with Crippen LogP contribution in [0.2, 0.25) is 0 Å². The Bertz CT molecular complexity index is 649. The van der Waals surface area contributed by atoms with E-state index in [1.807, 2.05) is 54.6 Å². The number of para-hydroxylation sites is 1. The molecule has 2 aromatic rings. The summed E-state index contributed by atoms with van der Waals surface area (Å²) in [6, 6.07) is 18.9. The Kier molecular flexibility index (Phi) is 5.93. The van der Waals surface area contributed by atoms with Crippen molar-refractivity contribution in [3.8, 4) is 5.75 Å². The van der Waals surface area contributed by atoms with E-state index in [-0.39, 0.29) is 6.61 Å². The molecule has 0 aromatic heterocycles. The summed E-state index contributed by atoms with van der Waals surface area (Å²) >= 11 is 0. The van der Waals surface area contributed by atoms with E-state index in [1.165, 1.54) is 0 Å². The van der Waals surface area contributed by atoms with Crippen molar-refractivity contribution < 1.29 is 14.4 Å². The van der Waals surface area contributed by atoms with E-state index in [0.29, 0.717) is 11.5 Å². The summed E-state index contributed by atoms with van der Waals surface area (Å²) in [5, 5.41) is 3.75. The molecule has 0 bridgehead atoms. The molecule has 0 N–H and O–H groups in total. The van der Waals surface area contributed by atoms with E-state index >= 15 is 0 Å². The lowest BCUT2D eigenvalue weighted by Crippen LogP contribution is -2.12. The average Bonchev–Trinajstić information content (AvgIpc) is 2.58. The maximum absolute atomic E-state index is 11.5. The summed E-state index contributed by atoms with van der Waals surface area (Å²) in [6.07, 6.45) is 3.67. The van der Waals surface area contributed by atoms with Gasteiger partial charge in [-0.2, -0.15) is 0 Å². The van der Waals surface area contributed by atoms with Gasteiger partial charge >= 0.3 is 5.97 Å². The van der Waals surface area contributed by atoms with E-state index in [9.17, 15) is 4.79 Å². The molecule has 0 amide bonds. The molecule has 0 aliphatic heterocycles. The van der Waals surface area contributed by atoms with Gasteiger partial charge in [-0.05, 0) is 30.7 Å². The number of oxime groups is 1. The molecule has 0 radical (unpaired) electrons. The molecule has 2 rings (SSSR count). The van der Waals surface area contributed by atoms with Gasteiger partial charge in [-0.25, -0.2) is 4.79 Å². The van der Waals surface area contributed by atoms with Gasteiger partial charge in [0.25, 0.3) is 0 Å². The van der Waals surface area contributed by atoms with Crippen LogP contribution in [0, 0.1) is 0 Å². The second-order valence-electron chi connectivity index (χ2n) is 4.54. The third kappa shape index (κ3) is 5.63. The highest BCUT2D eigenvalue weighted by Crippen LogP contribution is 2.08. The predicted octanol–water partition coefficient (Wildman–Crippen LogP) is 3.70.